The van der Waals surface area contributed by atoms with E-state index in [1.165, 1.54) is 215 Å². The third-order valence-corrected chi connectivity index (χ3v) is 30.6. The fourth-order valence-electron chi connectivity index (χ4n) is 21.4. The van der Waals surface area contributed by atoms with Crippen LogP contribution in [0.4, 0.5) is 0 Å². The van der Waals surface area contributed by atoms with Crippen LogP contribution in [0, 0.1) is 0 Å². The topological polar surface area (TPSA) is 56.7 Å². The number of thiophene rings is 3. The van der Waals surface area contributed by atoms with Gasteiger partial charge < -0.3 is 4.42 Å². The first-order valence-corrected chi connectivity index (χ1v) is 45.7. The van der Waals surface area contributed by atoms with E-state index in [9.17, 15) is 0 Å². The summed E-state index contributed by atoms with van der Waals surface area (Å²) in [7, 11) is 0. The van der Waals surface area contributed by atoms with Gasteiger partial charge in [-0.05, 0) is 201 Å². The molecule has 0 bridgehead atoms. The van der Waals surface area contributed by atoms with Gasteiger partial charge in [-0.2, -0.15) is 0 Å². The van der Waals surface area contributed by atoms with Crippen LogP contribution in [0.25, 0.3) is 287 Å². The van der Waals surface area contributed by atoms with Gasteiger partial charge in [-0.1, -0.05) is 309 Å². The van der Waals surface area contributed by atoms with Crippen LogP contribution in [0.3, 0.4) is 0 Å². The number of nitrogens with zero attached hydrogens (tertiary/aromatic N) is 4. The van der Waals surface area contributed by atoms with E-state index in [1.807, 2.05) is 58.4 Å². The maximum Gasteiger partial charge on any atom is 0.145 e. The average Bonchev–Trinajstić information content (AvgIpc) is 1.55. The Balaban J connectivity index is 0.0000000891. The molecular weight excluding hydrogens is 1600 g/mol. The number of benzene rings is 20. The van der Waals surface area contributed by atoms with Crippen LogP contribution in [0.15, 0.2) is 405 Å². The Bertz CT molecular complexity index is 9290. The quantitative estimate of drug-likeness (QED) is 0.165. The minimum atomic E-state index is 0.953. The number of fused-ring (bicyclic) bond motifs is 32. The van der Waals surface area contributed by atoms with Crippen molar-refractivity contribution in [3.05, 3.63) is 401 Å². The largest absolute Gasteiger partial charge is 0.455 e. The molecule has 4 aliphatic carbocycles. The van der Waals surface area contributed by atoms with E-state index < -0.39 is 0 Å². The highest BCUT2D eigenvalue weighted by Gasteiger charge is 2.30. The maximum absolute atomic E-state index is 6.20. The van der Waals surface area contributed by atoms with Crippen molar-refractivity contribution in [2.45, 2.75) is 0 Å². The molecule has 27 aromatic rings. The van der Waals surface area contributed by atoms with E-state index in [0.29, 0.717) is 0 Å². The van der Waals surface area contributed by atoms with Gasteiger partial charge in [0.05, 0.1) is 27.8 Å². The SMILES string of the molecule is c1ccc(-n2c(-c3ccc(-c4ccc5c(c4)sc4c6cccc7c6c(cc54)-c4ccccc4-7)cc3)nc3ccccc32)cc1.c1ccc2c(c1)-c1cccc3c1c-2cc1c2ccc(-c4ccc5ccc6cccnc6c5n4)cc2sc31.c1ccc2c(c1)-c1cccc3c1c-2cc1c2ccccc2oc31.c1ccc2c(c1)-c1cccc3c1c-2cc1c2ccccc2sc31. The highest BCUT2D eigenvalue weighted by atomic mass is 32.1. The van der Waals surface area contributed by atoms with Crippen LogP contribution in [0.5, 0.6) is 0 Å². The molecule has 5 nitrogen and oxygen atoms in total. The summed E-state index contributed by atoms with van der Waals surface area (Å²) >= 11 is 5.72. The molecule has 0 unspecified atom stereocenters. The lowest BCUT2D eigenvalue weighted by molar-refractivity contribution is 0.672. The number of aromatic nitrogens is 4. The fourth-order valence-corrected chi connectivity index (χ4v) is 25.1. The first-order chi connectivity index (χ1) is 63.0. The minimum Gasteiger partial charge on any atom is -0.455 e. The summed E-state index contributed by atoms with van der Waals surface area (Å²) in [5, 5.41) is 23.6. The number of hydrogen-bond acceptors (Lipinski definition) is 7. The summed E-state index contributed by atoms with van der Waals surface area (Å²) in [6.07, 6.45) is 1.84. The Labute approximate surface area is 739 Å². The summed E-state index contributed by atoms with van der Waals surface area (Å²) in [4.78, 5) is 14.8. The molecule has 0 amide bonds. The number of rotatable bonds is 4. The van der Waals surface area contributed by atoms with Crippen LogP contribution in [-0.2, 0) is 0 Å². The van der Waals surface area contributed by atoms with Crippen molar-refractivity contribution in [1.82, 2.24) is 19.5 Å². The van der Waals surface area contributed by atoms with Crippen molar-refractivity contribution in [1.29, 1.82) is 0 Å². The van der Waals surface area contributed by atoms with Gasteiger partial charge in [0.2, 0.25) is 0 Å². The molecule has 0 saturated heterocycles. The van der Waals surface area contributed by atoms with Gasteiger partial charge in [0.1, 0.15) is 17.0 Å². The molecule has 7 aromatic heterocycles. The number of furan rings is 1. The lowest BCUT2D eigenvalue weighted by atomic mass is 9.98. The number of pyridine rings is 2. The third-order valence-electron chi connectivity index (χ3n) is 27.0. The Morgan fingerprint density at radius 2 is 0.646 bits per heavy atom. The molecule has 0 aliphatic heterocycles. The Hall–Kier alpha value is -15.8. The van der Waals surface area contributed by atoms with Gasteiger partial charge in [-0.25, -0.2) is 9.97 Å². The van der Waals surface area contributed by atoms with E-state index in [-0.39, 0.29) is 0 Å². The number of hydrogen-bond donors (Lipinski definition) is 0. The summed E-state index contributed by atoms with van der Waals surface area (Å²) < 4.78 is 16.6. The van der Waals surface area contributed by atoms with Gasteiger partial charge in [0.25, 0.3) is 0 Å². The lowest BCUT2D eigenvalue weighted by Crippen LogP contribution is -1.97. The molecule has 0 radical (unpaired) electrons. The van der Waals surface area contributed by atoms with Gasteiger partial charge in [-0.3, -0.25) is 9.55 Å². The zero-order valence-corrected chi connectivity index (χ0v) is 70.5. The lowest BCUT2D eigenvalue weighted by Gasteiger charge is -2.10. The van der Waals surface area contributed by atoms with Crippen molar-refractivity contribution < 1.29 is 4.42 Å². The van der Waals surface area contributed by atoms with Crippen LogP contribution >= 0.6 is 34.0 Å². The first-order valence-electron chi connectivity index (χ1n) is 43.2. The highest BCUT2D eigenvalue weighted by Crippen LogP contribution is 2.57. The summed E-state index contributed by atoms with van der Waals surface area (Å²) in [5.41, 5.74) is 34.3. The molecule has 0 N–H and O–H groups in total. The molecule has 8 heteroatoms. The molecule has 0 spiro atoms. The summed E-state index contributed by atoms with van der Waals surface area (Å²) in [6.45, 7) is 0. The van der Waals surface area contributed by atoms with Crippen molar-refractivity contribution in [3.63, 3.8) is 0 Å². The summed E-state index contributed by atoms with van der Waals surface area (Å²) in [5.74, 6) is 0.953. The molecule has 7 heterocycles. The molecule has 31 rings (SSSR count). The van der Waals surface area contributed by atoms with Gasteiger partial charge >= 0.3 is 0 Å². The second-order valence-electron chi connectivity index (χ2n) is 33.7. The van der Waals surface area contributed by atoms with E-state index in [1.54, 1.807) is 0 Å². The smallest absolute Gasteiger partial charge is 0.145 e. The second kappa shape index (κ2) is 27.3. The van der Waals surface area contributed by atoms with E-state index in [4.69, 9.17) is 14.4 Å². The van der Waals surface area contributed by atoms with Gasteiger partial charge in [-0.15, -0.1) is 34.0 Å². The van der Waals surface area contributed by atoms with Crippen molar-refractivity contribution in [2.24, 2.45) is 0 Å². The number of imidazole rings is 1. The molecule has 0 atom stereocenters. The van der Waals surface area contributed by atoms with E-state index >= 15 is 0 Å². The zero-order valence-electron chi connectivity index (χ0n) is 68.0. The Morgan fingerprint density at radius 3 is 1.22 bits per heavy atom. The van der Waals surface area contributed by atoms with Crippen LogP contribution in [0.1, 0.15) is 0 Å². The summed E-state index contributed by atoms with van der Waals surface area (Å²) in [6, 6.07) is 143. The minimum absolute atomic E-state index is 0.953. The van der Waals surface area contributed by atoms with E-state index in [2.05, 4.69) is 386 Å². The van der Waals surface area contributed by atoms with E-state index in [0.717, 1.165) is 72.3 Å². The normalized spacial score (nSPS) is 12.3. The average molecular weight is 1660 g/mol. The van der Waals surface area contributed by atoms with Crippen molar-refractivity contribution >= 4 is 192 Å². The van der Waals surface area contributed by atoms with Gasteiger partial charge in [0.15, 0.2) is 0 Å². The first kappa shape index (κ1) is 70.7. The number of para-hydroxylation sites is 4. The molecule has 4 aliphatic rings. The predicted octanol–water partition coefficient (Wildman–Crippen LogP) is 34.4. The maximum atomic E-state index is 6.20. The standard InChI is InChI=1S/C41H24N2S.C34H18N2S.C22H12O.C22H12S/c1-2-9-28(10-3-1)43-37-16-7-6-15-36(37)42-41(43)26-19-17-25(18-20-26)27-21-22-31-35-24-34-30-12-5-4-11-29(30)32-13-8-14-33(39(32)34)40(35)44-38(31)23-27;1-2-7-23-22(6-1)25-8-3-9-26-31(25)27(23)18-28-24-14-12-21(17-30(24)37-34(26)28)29-15-13-20-11-10-19-5-4-16-35-32(19)33(20)36-29;2*1-2-7-14-13(6-1)16-9-5-10-17-21(16)18(14)12-19-15-8-3-4-11-20(15)23-22(17)19/h1-24H;1-18H;2*1-12H. The zero-order chi connectivity index (χ0) is 82.8. The molecule has 127 heavy (non-hydrogen) atoms. The van der Waals surface area contributed by atoms with Gasteiger partial charge in [0, 0.05) is 132 Å². The van der Waals surface area contributed by atoms with Crippen LogP contribution in [-0.4, -0.2) is 19.5 Å². The molecule has 20 aromatic carbocycles. The second-order valence-corrected chi connectivity index (χ2v) is 36.9. The van der Waals surface area contributed by atoms with Crippen LogP contribution in [0.2, 0.25) is 0 Å². The predicted molar refractivity (Wildman–Crippen MR) is 541 cm³/mol. The molecule has 0 fully saturated rings. The molecule has 0 saturated carbocycles. The Kier molecular flexibility index (Phi) is 15.2. The monoisotopic (exact) mass is 1660 g/mol. The molecule has 586 valence electrons. The fraction of sp³-hybridized carbons (Fsp3) is 0. The highest BCUT2D eigenvalue weighted by molar-refractivity contribution is 7.27. The van der Waals surface area contributed by atoms with Crippen LogP contribution < -0.4 is 0 Å². The third kappa shape index (κ3) is 10.5. The van der Waals surface area contributed by atoms with Crippen molar-refractivity contribution in [3.8, 4) is 128 Å². The van der Waals surface area contributed by atoms with Crippen molar-refractivity contribution in [2.75, 3.05) is 0 Å². The molecular formula is C119H66N4OS3. The Morgan fingerprint density at radius 1 is 0.236 bits per heavy atom.